The first-order chi connectivity index (χ1) is 45.7. The lowest BCUT2D eigenvalue weighted by atomic mass is 10.0. The van der Waals surface area contributed by atoms with Gasteiger partial charge in [-0.1, -0.05) is 0 Å². The summed E-state index contributed by atoms with van der Waals surface area (Å²) in [4.78, 5) is 17.7. The number of ether oxygens (including phenoxy) is 4. The second kappa shape index (κ2) is 25.6. The molecule has 0 saturated heterocycles. The molecule has 578 valence electrons. The van der Waals surface area contributed by atoms with E-state index in [1.54, 1.807) is 0 Å². The molecule has 0 spiro atoms. The highest BCUT2D eigenvalue weighted by molar-refractivity contribution is 6.11. The number of hydrogen-bond acceptors (Lipinski definition) is 12. The fourth-order valence-corrected chi connectivity index (χ4v) is 7.87. The van der Waals surface area contributed by atoms with Gasteiger partial charge in [0.25, 0.3) is 0 Å². The van der Waals surface area contributed by atoms with Crippen LogP contribution in [-0.2, 0) is 12.4 Å². The van der Waals surface area contributed by atoms with Crippen LogP contribution in [0.2, 0.25) is 0 Å². The third-order valence-corrected chi connectivity index (χ3v) is 13.5. The van der Waals surface area contributed by atoms with E-state index in [-0.39, 0.29) is 21.9 Å². The van der Waals surface area contributed by atoms with Crippen LogP contribution < -0.4 is 28.7 Å². The van der Waals surface area contributed by atoms with Gasteiger partial charge >= 0.3 is 132 Å². The first-order valence-electron chi connectivity index (χ1n) is 25.4. The summed E-state index contributed by atoms with van der Waals surface area (Å²) in [6.45, 7) is -14.2. The van der Waals surface area contributed by atoms with Crippen molar-refractivity contribution in [3.05, 3.63) is 65.7 Å². The number of rotatable bonds is 25. The molecular formula is C48H23F42N9O4. The Hall–Kier alpha value is -8.66. The summed E-state index contributed by atoms with van der Waals surface area (Å²) in [7, 11) is 0.855. The molecule has 0 atom stereocenters. The van der Waals surface area contributed by atoms with E-state index in [9.17, 15) is 184 Å². The molecule has 0 aliphatic rings. The summed E-state index contributed by atoms with van der Waals surface area (Å²) in [6.07, 6.45) is -41.8. The zero-order valence-electron chi connectivity index (χ0n) is 48.1. The summed E-state index contributed by atoms with van der Waals surface area (Å²) in [5.41, 5.74) is -9.28. The second-order valence-corrected chi connectivity index (χ2v) is 20.5. The number of fused-ring (bicyclic) bond motifs is 3. The van der Waals surface area contributed by atoms with Gasteiger partial charge in [0.2, 0.25) is 11.9 Å². The van der Waals surface area contributed by atoms with Gasteiger partial charge < -0.3 is 33.3 Å². The van der Waals surface area contributed by atoms with Gasteiger partial charge in [-0.2, -0.15) is 204 Å². The molecule has 55 heteroatoms. The lowest BCUT2D eigenvalue weighted by molar-refractivity contribution is -0.398. The lowest BCUT2D eigenvalue weighted by Crippen LogP contribution is -2.62. The SMILES string of the molecule is CN(c1ccc2c(c1)c1cc(N(C)c3nc(OCC(F)(F)C(F)(F)C(F)(F)C(F)(F)F)nc(OCC(F)(F)C(F)(F)C(F)(F)C(F)(F)F)n3)ccc1n2-c1ccc(C(F)(F)F)cc1C(F)(F)F)c1nc(OCC(F)(F)C(F)(F)C(F)(F)C(F)(F)F)nc(OCC(F)(F)C(F)(F)C(F)(F)C(F)(F)F)n1. The Morgan fingerprint density at radius 1 is 0.301 bits per heavy atom. The van der Waals surface area contributed by atoms with Crippen molar-refractivity contribution in [1.29, 1.82) is 0 Å². The van der Waals surface area contributed by atoms with Gasteiger partial charge in [-0.25, -0.2) is 0 Å². The van der Waals surface area contributed by atoms with E-state index in [1.807, 2.05) is 0 Å². The van der Waals surface area contributed by atoms with Crippen LogP contribution in [0.5, 0.6) is 24.0 Å². The van der Waals surface area contributed by atoms with E-state index >= 15 is 0 Å². The van der Waals surface area contributed by atoms with Crippen molar-refractivity contribution in [3.8, 4) is 29.7 Å². The van der Waals surface area contributed by atoms with Crippen molar-refractivity contribution < 1.29 is 203 Å². The Kier molecular flexibility index (Phi) is 20.7. The average Bonchev–Trinajstić information content (AvgIpc) is 1.67. The summed E-state index contributed by atoms with van der Waals surface area (Å²) < 4.78 is 597. The van der Waals surface area contributed by atoms with Crippen LogP contribution >= 0.6 is 0 Å². The van der Waals surface area contributed by atoms with Crippen LogP contribution in [-0.4, -0.2) is 171 Å². The van der Waals surface area contributed by atoms with Crippen LogP contribution in [0, 0.1) is 0 Å². The monoisotopic (exact) mass is 1590 g/mol. The molecule has 0 bridgehead atoms. The molecule has 0 aliphatic carbocycles. The maximum absolute atomic E-state index is 14.9. The van der Waals surface area contributed by atoms with Gasteiger partial charge in [-0.15, -0.1) is 9.97 Å². The van der Waals surface area contributed by atoms with Crippen molar-refractivity contribution in [3.63, 3.8) is 0 Å². The van der Waals surface area contributed by atoms with E-state index in [2.05, 4.69) is 48.9 Å². The largest absolute Gasteiger partial charge is 0.460 e. The van der Waals surface area contributed by atoms with Gasteiger partial charge in [0.15, 0.2) is 26.4 Å². The molecule has 3 heterocycles. The van der Waals surface area contributed by atoms with Crippen LogP contribution in [0.1, 0.15) is 11.1 Å². The molecule has 3 aromatic heterocycles. The van der Waals surface area contributed by atoms with E-state index in [0.717, 1.165) is 0 Å². The molecule has 0 amide bonds. The number of halogens is 42. The molecule has 0 unspecified atom stereocenters. The predicted molar refractivity (Wildman–Crippen MR) is 252 cm³/mol. The van der Waals surface area contributed by atoms with Crippen molar-refractivity contribution in [2.75, 3.05) is 50.3 Å². The first-order valence-corrected chi connectivity index (χ1v) is 25.4. The normalized spacial score (nSPS) is 14.8. The number of alkyl halides is 42. The fraction of sp³-hybridized carbons (Fsp3) is 0.500. The molecule has 0 N–H and O–H groups in total. The summed E-state index contributed by atoms with van der Waals surface area (Å²) in [6, 6.07) is -6.93. The van der Waals surface area contributed by atoms with Crippen LogP contribution in [0.3, 0.4) is 0 Å². The number of benzene rings is 3. The van der Waals surface area contributed by atoms with Crippen molar-refractivity contribution in [2.45, 2.75) is 108 Å². The van der Waals surface area contributed by atoms with Crippen molar-refractivity contribution in [1.82, 2.24) is 34.5 Å². The minimum absolute atomic E-state index is 0.0256. The molecule has 0 fully saturated rings. The minimum Gasteiger partial charge on any atom is -0.457 e. The lowest BCUT2D eigenvalue weighted by Gasteiger charge is -2.33. The van der Waals surface area contributed by atoms with E-state index < -0.39 is 227 Å². The zero-order valence-corrected chi connectivity index (χ0v) is 48.1. The maximum Gasteiger partial charge on any atom is 0.460 e. The van der Waals surface area contributed by atoms with Crippen LogP contribution in [0.15, 0.2) is 54.6 Å². The molecule has 103 heavy (non-hydrogen) atoms. The molecule has 6 aromatic rings. The quantitative estimate of drug-likeness (QED) is 0.0507. The Balaban J connectivity index is 1.61. The summed E-state index contributed by atoms with van der Waals surface area (Å²) in [5, 5.41) is -1.68. The Morgan fingerprint density at radius 2 is 0.553 bits per heavy atom. The third kappa shape index (κ3) is 14.7. The topological polar surface area (TPSA) is 126 Å². The van der Waals surface area contributed by atoms with E-state index in [0.29, 0.717) is 55.1 Å². The molecule has 0 radical (unpaired) electrons. The van der Waals surface area contributed by atoms with Crippen LogP contribution in [0.4, 0.5) is 208 Å². The molecule has 3 aromatic carbocycles. The first kappa shape index (κ1) is 83.3. The summed E-state index contributed by atoms with van der Waals surface area (Å²) >= 11 is 0. The molecular weight excluding hydrogens is 1560 g/mol. The zero-order chi connectivity index (χ0) is 79.7. The second-order valence-electron chi connectivity index (χ2n) is 20.5. The van der Waals surface area contributed by atoms with Gasteiger partial charge in [-0.3, -0.25) is 0 Å². The standard InChI is InChI=1S/C48H23F42N9O4/c1-97(25-91-27(100-12-31(49,50)37(63,64)41(71,72)45(79,80)81)95-28(92-25)101-13-32(51,52)38(65,66)42(73,74)46(82,83)84)17-4-7-22-19(10-17)20-11-18(5-8-23(20)99(22)24-6-3-16(35(57,58)59)9-21(24)36(60,61)62)98(2)26-93-29(102-14-33(53,54)39(67,68)43(75,76)47(85,86)87)96-30(94-26)103-15-34(55,56)40(69,70)44(77,78)48(88,89)90/h3-11H,12-15H2,1-2H3. The smallest absolute Gasteiger partial charge is 0.457 e. The maximum atomic E-state index is 14.9. The Bertz CT molecular complexity index is 3720. The molecule has 13 nitrogen and oxygen atoms in total. The molecule has 6 rings (SSSR count). The van der Waals surface area contributed by atoms with E-state index in [4.69, 9.17) is 0 Å². The van der Waals surface area contributed by atoms with Crippen molar-refractivity contribution >= 4 is 45.1 Å². The van der Waals surface area contributed by atoms with Gasteiger partial charge in [0.1, 0.15) is 0 Å². The highest BCUT2D eigenvalue weighted by Gasteiger charge is 2.85. The number of anilines is 4. The number of nitrogens with zero attached hydrogens (tertiary/aromatic N) is 9. The van der Waals surface area contributed by atoms with Crippen molar-refractivity contribution in [2.24, 2.45) is 0 Å². The minimum atomic E-state index is -7.73. The van der Waals surface area contributed by atoms with E-state index in [1.165, 1.54) is 0 Å². The molecule has 0 aliphatic heterocycles. The number of aromatic nitrogens is 7. The van der Waals surface area contributed by atoms with Gasteiger partial charge in [0, 0.05) is 36.2 Å². The summed E-state index contributed by atoms with van der Waals surface area (Å²) in [5.74, 6) is -92.3. The highest BCUT2D eigenvalue weighted by atomic mass is 19.5. The van der Waals surface area contributed by atoms with Crippen LogP contribution in [0.25, 0.3) is 27.5 Å². The average molecular weight is 1590 g/mol. The number of hydrogen-bond donors (Lipinski definition) is 0. The predicted octanol–water partition coefficient (Wildman–Crippen LogP) is 18.1. The molecule has 0 saturated carbocycles. The van der Waals surface area contributed by atoms with Gasteiger partial charge in [0.05, 0.1) is 27.8 Å². The Morgan fingerprint density at radius 3 is 0.777 bits per heavy atom. The highest BCUT2D eigenvalue weighted by Crippen LogP contribution is 2.58. The Labute approximate surface area is 536 Å². The fourth-order valence-electron chi connectivity index (χ4n) is 7.87. The third-order valence-electron chi connectivity index (χ3n) is 13.5. The van der Waals surface area contributed by atoms with Gasteiger partial charge in [-0.05, 0) is 54.6 Å².